The maximum atomic E-state index is 12.7. The van der Waals surface area contributed by atoms with Gasteiger partial charge in [0.15, 0.2) is 0 Å². The molecular formula is C14H23N3O3S. The van der Waals surface area contributed by atoms with Crippen LogP contribution in [0.25, 0.3) is 0 Å². The van der Waals surface area contributed by atoms with Crippen LogP contribution in [0.3, 0.4) is 0 Å². The van der Waals surface area contributed by atoms with E-state index in [0.29, 0.717) is 30.6 Å². The van der Waals surface area contributed by atoms with Gasteiger partial charge in [-0.2, -0.15) is 4.31 Å². The highest BCUT2D eigenvalue weighted by molar-refractivity contribution is 7.89. The average Bonchev–Trinajstić information content (AvgIpc) is 2.47. The molecule has 0 atom stereocenters. The molecule has 1 fully saturated rings. The van der Waals surface area contributed by atoms with E-state index in [-0.39, 0.29) is 4.90 Å². The average molecular weight is 313 g/mol. The Morgan fingerprint density at radius 3 is 2.43 bits per heavy atom. The highest BCUT2D eigenvalue weighted by Gasteiger charge is 2.30. The SMILES string of the molecule is COc1cc(S(=O)(=O)N2CCC(N(C)C)CC2)ccc1N. The number of anilines is 1. The van der Waals surface area contributed by atoms with Gasteiger partial charge in [0, 0.05) is 25.2 Å². The van der Waals surface area contributed by atoms with Crippen molar-refractivity contribution in [3.63, 3.8) is 0 Å². The summed E-state index contributed by atoms with van der Waals surface area (Å²) in [7, 11) is 2.05. The third-order valence-electron chi connectivity index (χ3n) is 4.00. The Hall–Kier alpha value is -1.31. The van der Waals surface area contributed by atoms with Crippen LogP contribution in [0, 0.1) is 0 Å². The number of ether oxygens (including phenoxy) is 1. The molecule has 0 aliphatic carbocycles. The van der Waals surface area contributed by atoms with E-state index in [1.807, 2.05) is 14.1 Å². The minimum atomic E-state index is -3.48. The standard InChI is InChI=1S/C14H23N3O3S/c1-16(2)11-6-8-17(9-7-11)21(18,19)12-4-5-13(15)14(10-12)20-3/h4-5,10-11H,6-9,15H2,1-3H3. The highest BCUT2D eigenvalue weighted by atomic mass is 32.2. The summed E-state index contributed by atoms with van der Waals surface area (Å²) in [6.07, 6.45) is 1.69. The van der Waals surface area contributed by atoms with Gasteiger partial charge in [-0.05, 0) is 39.1 Å². The largest absolute Gasteiger partial charge is 0.495 e. The molecule has 7 heteroatoms. The van der Waals surface area contributed by atoms with Crippen LogP contribution in [0.1, 0.15) is 12.8 Å². The number of nitrogens with zero attached hydrogens (tertiary/aromatic N) is 2. The number of nitrogens with two attached hydrogens (primary N) is 1. The van der Waals surface area contributed by atoms with Gasteiger partial charge in [-0.1, -0.05) is 0 Å². The van der Waals surface area contributed by atoms with Gasteiger partial charge < -0.3 is 15.4 Å². The fraction of sp³-hybridized carbons (Fsp3) is 0.571. The Bertz CT molecular complexity index is 593. The summed E-state index contributed by atoms with van der Waals surface area (Å²) in [5.41, 5.74) is 6.17. The number of rotatable bonds is 4. The molecule has 6 nitrogen and oxygen atoms in total. The van der Waals surface area contributed by atoms with Crippen LogP contribution in [0.15, 0.2) is 23.1 Å². The highest BCUT2D eigenvalue weighted by Crippen LogP contribution is 2.28. The number of hydrogen-bond donors (Lipinski definition) is 1. The number of benzene rings is 1. The van der Waals surface area contributed by atoms with Crippen LogP contribution in [-0.4, -0.2) is 58.0 Å². The van der Waals surface area contributed by atoms with Gasteiger partial charge in [-0.15, -0.1) is 0 Å². The predicted octanol–water partition coefficient (Wildman–Crippen LogP) is 0.992. The molecule has 0 radical (unpaired) electrons. The summed E-state index contributed by atoms with van der Waals surface area (Å²) in [5.74, 6) is 0.388. The molecular weight excluding hydrogens is 290 g/mol. The van der Waals surface area contributed by atoms with Crippen LogP contribution >= 0.6 is 0 Å². The Morgan fingerprint density at radius 2 is 1.90 bits per heavy atom. The van der Waals surface area contributed by atoms with E-state index in [1.165, 1.54) is 23.5 Å². The van der Waals surface area contributed by atoms with Crippen molar-refractivity contribution in [3.8, 4) is 5.75 Å². The monoisotopic (exact) mass is 313 g/mol. The molecule has 21 heavy (non-hydrogen) atoms. The quantitative estimate of drug-likeness (QED) is 0.839. The number of methoxy groups -OCH3 is 1. The van der Waals surface area contributed by atoms with Gasteiger partial charge in [0.05, 0.1) is 17.7 Å². The molecule has 0 saturated carbocycles. The lowest BCUT2D eigenvalue weighted by Gasteiger charge is -2.34. The van der Waals surface area contributed by atoms with Crippen LogP contribution in [0.4, 0.5) is 5.69 Å². The predicted molar refractivity (Wildman–Crippen MR) is 82.9 cm³/mol. The van der Waals surface area contributed by atoms with Crippen molar-refractivity contribution in [2.24, 2.45) is 0 Å². The molecule has 1 aromatic rings. The van der Waals surface area contributed by atoms with Crippen LogP contribution in [0.2, 0.25) is 0 Å². The van der Waals surface area contributed by atoms with Gasteiger partial charge in [-0.25, -0.2) is 8.42 Å². The van der Waals surface area contributed by atoms with E-state index in [1.54, 1.807) is 6.07 Å². The molecule has 1 aliphatic heterocycles. The van der Waals surface area contributed by atoms with Crippen LogP contribution < -0.4 is 10.5 Å². The first-order valence-corrected chi connectivity index (χ1v) is 8.40. The van der Waals surface area contributed by atoms with E-state index >= 15 is 0 Å². The lowest BCUT2D eigenvalue weighted by molar-refractivity contribution is 0.196. The third kappa shape index (κ3) is 3.30. The first-order chi connectivity index (χ1) is 9.86. The first-order valence-electron chi connectivity index (χ1n) is 6.96. The zero-order chi connectivity index (χ0) is 15.6. The lowest BCUT2D eigenvalue weighted by Crippen LogP contribution is -2.44. The van der Waals surface area contributed by atoms with E-state index in [2.05, 4.69) is 4.90 Å². The lowest BCUT2D eigenvalue weighted by atomic mass is 10.1. The molecule has 0 aromatic heterocycles. The van der Waals surface area contributed by atoms with E-state index in [4.69, 9.17) is 10.5 Å². The Morgan fingerprint density at radius 1 is 1.29 bits per heavy atom. The fourth-order valence-electron chi connectivity index (χ4n) is 2.60. The minimum absolute atomic E-state index is 0.233. The molecule has 1 aromatic carbocycles. The van der Waals surface area contributed by atoms with Crippen molar-refractivity contribution in [2.45, 2.75) is 23.8 Å². The summed E-state index contributed by atoms with van der Waals surface area (Å²) in [6, 6.07) is 5.03. The van der Waals surface area contributed by atoms with Crippen molar-refractivity contribution in [1.29, 1.82) is 0 Å². The summed E-state index contributed by atoms with van der Waals surface area (Å²) in [6.45, 7) is 1.08. The third-order valence-corrected chi connectivity index (χ3v) is 5.89. The summed E-state index contributed by atoms with van der Waals surface area (Å²) in [5, 5.41) is 0. The van der Waals surface area contributed by atoms with Crippen molar-refractivity contribution in [1.82, 2.24) is 9.21 Å². The molecule has 1 saturated heterocycles. The van der Waals surface area contributed by atoms with E-state index in [9.17, 15) is 8.42 Å². The van der Waals surface area contributed by atoms with Gasteiger partial charge in [0.2, 0.25) is 10.0 Å². The van der Waals surface area contributed by atoms with Gasteiger partial charge >= 0.3 is 0 Å². The van der Waals surface area contributed by atoms with Crippen LogP contribution in [0.5, 0.6) is 5.75 Å². The molecule has 0 unspecified atom stereocenters. The normalized spacial score (nSPS) is 18.1. The van der Waals surface area contributed by atoms with Gasteiger partial charge in [0.1, 0.15) is 5.75 Å². The zero-order valence-corrected chi connectivity index (χ0v) is 13.6. The fourth-order valence-corrected chi connectivity index (χ4v) is 4.09. The van der Waals surface area contributed by atoms with Crippen molar-refractivity contribution in [2.75, 3.05) is 40.0 Å². The second-order valence-corrected chi connectivity index (χ2v) is 7.44. The Balaban J connectivity index is 2.19. The Labute approximate surface area is 126 Å². The molecule has 2 rings (SSSR count). The Kier molecular flexibility index (Phi) is 4.75. The second kappa shape index (κ2) is 6.21. The van der Waals surface area contributed by atoms with Crippen molar-refractivity contribution < 1.29 is 13.2 Å². The molecule has 0 spiro atoms. The van der Waals surface area contributed by atoms with Crippen LogP contribution in [-0.2, 0) is 10.0 Å². The summed E-state index contributed by atoms with van der Waals surface area (Å²) in [4.78, 5) is 2.38. The maximum Gasteiger partial charge on any atom is 0.243 e. The summed E-state index contributed by atoms with van der Waals surface area (Å²) < 4.78 is 32.0. The topological polar surface area (TPSA) is 75.9 Å². The number of hydrogen-bond acceptors (Lipinski definition) is 5. The smallest absolute Gasteiger partial charge is 0.243 e. The first kappa shape index (κ1) is 16.1. The number of nitrogen functional groups attached to an aromatic ring is 1. The number of piperidine rings is 1. The number of sulfonamides is 1. The summed E-state index contributed by atoms with van der Waals surface area (Å²) >= 11 is 0. The molecule has 0 bridgehead atoms. The molecule has 1 aliphatic rings. The van der Waals surface area contributed by atoms with Crippen molar-refractivity contribution in [3.05, 3.63) is 18.2 Å². The molecule has 2 N–H and O–H groups in total. The van der Waals surface area contributed by atoms with Gasteiger partial charge in [-0.3, -0.25) is 0 Å². The molecule has 0 amide bonds. The molecule has 118 valence electrons. The van der Waals surface area contributed by atoms with E-state index < -0.39 is 10.0 Å². The maximum absolute atomic E-state index is 12.7. The zero-order valence-electron chi connectivity index (χ0n) is 12.7. The van der Waals surface area contributed by atoms with Gasteiger partial charge in [0.25, 0.3) is 0 Å². The molecule has 1 heterocycles. The second-order valence-electron chi connectivity index (χ2n) is 5.50. The minimum Gasteiger partial charge on any atom is -0.495 e. The van der Waals surface area contributed by atoms with E-state index in [0.717, 1.165) is 12.8 Å². The van der Waals surface area contributed by atoms with Crippen molar-refractivity contribution >= 4 is 15.7 Å².